The van der Waals surface area contributed by atoms with Gasteiger partial charge in [-0.05, 0) is 34.7 Å². The fourth-order valence-corrected chi connectivity index (χ4v) is 1.62. The standard InChI is InChI=1S/C7H7IN2/c8-6-1-2-7-9-3-4-10(7)5-6/h1-2,5H,3-4H2. The first-order valence-electron chi connectivity index (χ1n) is 3.23. The number of nitrogens with zero attached hydrogens (tertiary/aromatic N) is 2. The number of aliphatic imine (C=N–C) groups is 1. The normalized spacial score (nSPS) is 22.3. The fourth-order valence-electron chi connectivity index (χ4n) is 1.10. The SMILES string of the molecule is IC1=CN2CCN=C2C=C1. The maximum Gasteiger partial charge on any atom is 0.127 e. The van der Waals surface area contributed by atoms with Crippen LogP contribution >= 0.6 is 22.6 Å². The second-order valence-electron chi connectivity index (χ2n) is 2.28. The smallest absolute Gasteiger partial charge is 0.127 e. The molecule has 2 nitrogen and oxygen atoms in total. The number of hydrogen-bond donors (Lipinski definition) is 0. The number of amidine groups is 1. The molecule has 0 aliphatic carbocycles. The van der Waals surface area contributed by atoms with E-state index in [0.717, 1.165) is 18.9 Å². The van der Waals surface area contributed by atoms with Gasteiger partial charge in [0.25, 0.3) is 0 Å². The molecular formula is C7H7IN2. The Balaban J connectivity index is 2.32. The summed E-state index contributed by atoms with van der Waals surface area (Å²) in [6.45, 7) is 1.99. The highest BCUT2D eigenvalue weighted by molar-refractivity contribution is 14.1. The molecule has 0 aromatic rings. The second-order valence-corrected chi connectivity index (χ2v) is 3.53. The van der Waals surface area contributed by atoms with Crippen molar-refractivity contribution in [1.82, 2.24) is 4.90 Å². The average molecular weight is 246 g/mol. The van der Waals surface area contributed by atoms with Crippen LogP contribution in [0.3, 0.4) is 0 Å². The molecule has 0 bridgehead atoms. The Morgan fingerprint density at radius 3 is 3.30 bits per heavy atom. The molecule has 0 saturated carbocycles. The van der Waals surface area contributed by atoms with Crippen LogP contribution in [0.25, 0.3) is 0 Å². The topological polar surface area (TPSA) is 15.6 Å². The van der Waals surface area contributed by atoms with Crippen molar-refractivity contribution in [2.45, 2.75) is 0 Å². The minimum Gasteiger partial charge on any atom is -0.330 e. The summed E-state index contributed by atoms with van der Waals surface area (Å²) in [4.78, 5) is 6.48. The van der Waals surface area contributed by atoms with Crippen molar-refractivity contribution in [3.63, 3.8) is 0 Å². The first-order chi connectivity index (χ1) is 4.86. The highest BCUT2D eigenvalue weighted by atomic mass is 127. The van der Waals surface area contributed by atoms with Crippen molar-refractivity contribution in [1.29, 1.82) is 0 Å². The number of halogens is 1. The minimum absolute atomic E-state index is 0.945. The van der Waals surface area contributed by atoms with E-state index in [9.17, 15) is 0 Å². The van der Waals surface area contributed by atoms with Crippen molar-refractivity contribution in [3.05, 3.63) is 21.9 Å². The lowest BCUT2D eigenvalue weighted by Gasteiger charge is -2.15. The third-order valence-corrected chi connectivity index (χ3v) is 2.22. The van der Waals surface area contributed by atoms with Gasteiger partial charge in [-0.15, -0.1) is 0 Å². The van der Waals surface area contributed by atoms with Crippen LogP contribution in [0, 0.1) is 0 Å². The van der Waals surface area contributed by atoms with Gasteiger partial charge >= 0.3 is 0 Å². The quantitative estimate of drug-likeness (QED) is 0.592. The first-order valence-corrected chi connectivity index (χ1v) is 4.30. The van der Waals surface area contributed by atoms with Crippen LogP contribution in [-0.2, 0) is 0 Å². The Labute approximate surface area is 73.5 Å². The zero-order valence-corrected chi connectivity index (χ0v) is 7.58. The van der Waals surface area contributed by atoms with Crippen LogP contribution in [0.1, 0.15) is 0 Å². The van der Waals surface area contributed by atoms with Gasteiger partial charge in [0.1, 0.15) is 5.84 Å². The molecule has 0 saturated heterocycles. The monoisotopic (exact) mass is 246 g/mol. The van der Waals surface area contributed by atoms with Gasteiger partial charge in [0.05, 0.1) is 6.54 Å². The molecule has 2 aliphatic rings. The summed E-state index contributed by atoms with van der Waals surface area (Å²) in [5, 5.41) is 0. The molecule has 0 amide bonds. The summed E-state index contributed by atoms with van der Waals surface area (Å²) in [5.74, 6) is 1.11. The molecule has 0 N–H and O–H groups in total. The van der Waals surface area contributed by atoms with Gasteiger partial charge < -0.3 is 4.90 Å². The van der Waals surface area contributed by atoms with Gasteiger partial charge in [-0.25, -0.2) is 0 Å². The Morgan fingerprint density at radius 2 is 2.40 bits per heavy atom. The van der Waals surface area contributed by atoms with E-state index in [1.807, 2.05) is 0 Å². The van der Waals surface area contributed by atoms with E-state index in [-0.39, 0.29) is 0 Å². The van der Waals surface area contributed by atoms with Gasteiger partial charge in [-0.2, -0.15) is 0 Å². The molecule has 3 heteroatoms. The van der Waals surface area contributed by atoms with E-state index >= 15 is 0 Å². The number of fused-ring (bicyclic) bond motifs is 1. The van der Waals surface area contributed by atoms with E-state index in [1.54, 1.807) is 0 Å². The molecule has 0 fully saturated rings. The molecule has 0 unspecified atom stereocenters. The van der Waals surface area contributed by atoms with E-state index in [1.165, 1.54) is 3.58 Å². The highest BCUT2D eigenvalue weighted by Crippen LogP contribution is 2.17. The molecule has 10 heavy (non-hydrogen) atoms. The van der Waals surface area contributed by atoms with Crippen LogP contribution in [0.5, 0.6) is 0 Å². The van der Waals surface area contributed by atoms with E-state index < -0.39 is 0 Å². The molecule has 0 atom stereocenters. The zero-order valence-electron chi connectivity index (χ0n) is 5.42. The molecule has 0 spiro atoms. The van der Waals surface area contributed by atoms with Gasteiger partial charge in [-0.3, -0.25) is 4.99 Å². The van der Waals surface area contributed by atoms with Crippen molar-refractivity contribution >= 4 is 28.4 Å². The number of allylic oxidation sites excluding steroid dienone is 2. The van der Waals surface area contributed by atoms with Gasteiger partial charge in [0, 0.05) is 16.3 Å². The van der Waals surface area contributed by atoms with Gasteiger partial charge in [0.2, 0.25) is 0 Å². The minimum atomic E-state index is 0.945. The van der Waals surface area contributed by atoms with E-state index in [2.05, 4.69) is 50.8 Å². The van der Waals surface area contributed by atoms with Gasteiger partial charge in [0.15, 0.2) is 0 Å². The van der Waals surface area contributed by atoms with Crippen LogP contribution in [-0.4, -0.2) is 23.8 Å². The van der Waals surface area contributed by atoms with Crippen LogP contribution in [0.2, 0.25) is 0 Å². The van der Waals surface area contributed by atoms with Gasteiger partial charge in [-0.1, -0.05) is 0 Å². The lowest BCUT2D eigenvalue weighted by molar-refractivity contribution is 0.611. The number of rotatable bonds is 0. The summed E-state index contributed by atoms with van der Waals surface area (Å²) in [5.41, 5.74) is 0. The van der Waals surface area contributed by atoms with E-state index in [0.29, 0.717) is 0 Å². The first kappa shape index (κ1) is 6.39. The summed E-state index contributed by atoms with van der Waals surface area (Å²) in [7, 11) is 0. The third kappa shape index (κ3) is 0.982. The largest absolute Gasteiger partial charge is 0.330 e. The predicted molar refractivity (Wildman–Crippen MR) is 50.3 cm³/mol. The Hall–Kier alpha value is -0.320. The summed E-state index contributed by atoms with van der Waals surface area (Å²) >= 11 is 2.31. The molecule has 0 radical (unpaired) electrons. The Bertz CT molecular complexity index is 240. The molecule has 0 aromatic heterocycles. The third-order valence-electron chi connectivity index (χ3n) is 1.58. The maximum absolute atomic E-state index is 4.30. The van der Waals surface area contributed by atoms with Crippen LogP contribution in [0.15, 0.2) is 26.9 Å². The van der Waals surface area contributed by atoms with Crippen molar-refractivity contribution in [2.24, 2.45) is 4.99 Å². The van der Waals surface area contributed by atoms with Crippen molar-refractivity contribution < 1.29 is 0 Å². The molecule has 52 valence electrons. The maximum atomic E-state index is 4.30. The lowest BCUT2D eigenvalue weighted by atomic mass is 10.3. The van der Waals surface area contributed by atoms with Crippen molar-refractivity contribution in [3.8, 4) is 0 Å². The molecule has 2 aliphatic heterocycles. The Morgan fingerprint density at radius 1 is 1.50 bits per heavy atom. The van der Waals surface area contributed by atoms with Crippen molar-refractivity contribution in [2.75, 3.05) is 13.1 Å². The predicted octanol–water partition coefficient (Wildman–Crippen LogP) is 1.55. The zero-order chi connectivity index (χ0) is 6.97. The summed E-state index contributed by atoms with van der Waals surface area (Å²) in [6.07, 6.45) is 6.28. The second kappa shape index (κ2) is 2.38. The van der Waals surface area contributed by atoms with Crippen LogP contribution in [0.4, 0.5) is 0 Å². The Kier molecular flexibility index (Phi) is 1.52. The fraction of sp³-hybridized carbons (Fsp3) is 0.286. The molecular weight excluding hydrogens is 239 g/mol. The molecule has 2 heterocycles. The van der Waals surface area contributed by atoms with Crippen LogP contribution < -0.4 is 0 Å². The number of hydrogen-bond acceptors (Lipinski definition) is 2. The summed E-state index contributed by atoms with van der Waals surface area (Å²) in [6, 6.07) is 0. The highest BCUT2D eigenvalue weighted by Gasteiger charge is 2.14. The summed E-state index contributed by atoms with van der Waals surface area (Å²) < 4.78 is 1.28. The lowest BCUT2D eigenvalue weighted by Crippen LogP contribution is -2.21. The average Bonchev–Trinajstić information content (AvgIpc) is 2.33. The molecule has 0 aromatic carbocycles. The van der Waals surface area contributed by atoms with E-state index in [4.69, 9.17) is 0 Å². The molecule has 2 rings (SSSR count).